The van der Waals surface area contributed by atoms with E-state index in [0.29, 0.717) is 36.3 Å². The summed E-state index contributed by atoms with van der Waals surface area (Å²) in [6.07, 6.45) is 2.13. The molecule has 4 N–H and O–H groups in total. The smallest absolute Gasteiger partial charge is 0.433 e. The Morgan fingerprint density at radius 2 is 1.86 bits per heavy atom. The minimum atomic E-state index is -0.941. The van der Waals surface area contributed by atoms with Crippen molar-refractivity contribution < 1.29 is 24.0 Å². The van der Waals surface area contributed by atoms with Crippen molar-refractivity contribution in [1.82, 2.24) is 0 Å². The fourth-order valence-electron chi connectivity index (χ4n) is 3.99. The van der Waals surface area contributed by atoms with Crippen molar-refractivity contribution >= 4 is 40.9 Å². The maximum absolute atomic E-state index is 13.2. The normalized spacial score (nSPS) is 14.8. The van der Waals surface area contributed by atoms with Gasteiger partial charge < -0.3 is 26.0 Å². The molecular weight excluding hydrogens is 474 g/mol. The molecule has 0 aliphatic carbocycles. The van der Waals surface area contributed by atoms with Crippen LogP contribution in [0.5, 0.6) is 0 Å². The zero-order valence-corrected chi connectivity index (χ0v) is 21.5. The summed E-state index contributed by atoms with van der Waals surface area (Å²) in [5.41, 5.74) is 8.60. The van der Waals surface area contributed by atoms with Crippen LogP contribution >= 0.6 is 0 Å². The molecule has 2 amide bonds. The van der Waals surface area contributed by atoms with Gasteiger partial charge in [-0.3, -0.25) is 14.4 Å². The summed E-state index contributed by atoms with van der Waals surface area (Å²) >= 11 is 0. The zero-order chi connectivity index (χ0) is 26.8. The molecule has 1 aliphatic rings. The molecule has 10 nitrogen and oxygen atoms in total. The third kappa shape index (κ3) is 8.23. The molecule has 2 aromatic rings. The molecule has 3 rings (SSSR count). The number of ether oxygens (including phenoxy) is 1. The van der Waals surface area contributed by atoms with Gasteiger partial charge in [0.2, 0.25) is 11.8 Å². The highest BCUT2D eigenvalue weighted by Gasteiger charge is 2.22. The molecule has 0 radical (unpaired) electrons. The first-order valence-electron chi connectivity index (χ1n) is 12.5. The molecule has 0 aromatic heterocycles. The molecule has 1 saturated heterocycles. The third-order valence-corrected chi connectivity index (χ3v) is 5.77. The van der Waals surface area contributed by atoms with Crippen LogP contribution in [0.1, 0.15) is 52.0 Å². The van der Waals surface area contributed by atoms with Gasteiger partial charge in [0, 0.05) is 35.6 Å². The SMILES string of the molecule is CCOC(=O)ON=C(N)c1cccc(N[C@@H](CC(C)C)C(=O)Nc2ccc(N3CCCCC3=O)cc2)c1. The summed E-state index contributed by atoms with van der Waals surface area (Å²) in [5.74, 6) is 0.190. The largest absolute Gasteiger partial charge is 0.535 e. The van der Waals surface area contributed by atoms with E-state index in [1.807, 2.05) is 44.2 Å². The minimum Gasteiger partial charge on any atom is -0.433 e. The van der Waals surface area contributed by atoms with E-state index in [2.05, 4.69) is 25.4 Å². The predicted molar refractivity (Wildman–Crippen MR) is 143 cm³/mol. The molecule has 2 aromatic carbocycles. The molecular formula is C27H35N5O5. The van der Waals surface area contributed by atoms with Crippen LogP contribution in [0, 0.1) is 5.92 Å². The minimum absolute atomic E-state index is 0.00570. The molecule has 0 spiro atoms. The van der Waals surface area contributed by atoms with Crippen LogP contribution in [0.3, 0.4) is 0 Å². The van der Waals surface area contributed by atoms with Crippen LogP contribution < -0.4 is 21.3 Å². The van der Waals surface area contributed by atoms with E-state index in [9.17, 15) is 14.4 Å². The van der Waals surface area contributed by atoms with E-state index in [1.54, 1.807) is 30.0 Å². The number of oxime groups is 1. The first kappa shape index (κ1) is 27.5. The summed E-state index contributed by atoms with van der Waals surface area (Å²) in [4.78, 5) is 43.1. The number of benzene rings is 2. The van der Waals surface area contributed by atoms with Gasteiger partial charge in [-0.2, -0.15) is 0 Å². The number of nitrogens with two attached hydrogens (primary N) is 1. The molecule has 0 saturated carbocycles. The maximum Gasteiger partial charge on any atom is 0.535 e. The number of carbonyl (C=O) groups is 3. The van der Waals surface area contributed by atoms with Gasteiger partial charge in [-0.25, -0.2) is 4.79 Å². The van der Waals surface area contributed by atoms with Gasteiger partial charge in [0.05, 0.1) is 6.61 Å². The number of nitrogens with zero attached hydrogens (tertiary/aromatic N) is 2. The Kier molecular flexibility index (Phi) is 9.88. The lowest BCUT2D eigenvalue weighted by Crippen LogP contribution is -2.36. The van der Waals surface area contributed by atoms with Crippen LogP contribution in [0.4, 0.5) is 21.9 Å². The Labute approximate surface area is 217 Å². The van der Waals surface area contributed by atoms with Crippen molar-refractivity contribution in [2.24, 2.45) is 16.8 Å². The molecule has 0 bridgehead atoms. The Balaban J connectivity index is 1.68. The number of hydrogen-bond donors (Lipinski definition) is 3. The molecule has 1 heterocycles. The highest BCUT2D eigenvalue weighted by Crippen LogP contribution is 2.23. The first-order valence-corrected chi connectivity index (χ1v) is 12.5. The lowest BCUT2D eigenvalue weighted by Gasteiger charge is -2.27. The van der Waals surface area contributed by atoms with E-state index in [4.69, 9.17) is 5.73 Å². The average Bonchev–Trinajstić information content (AvgIpc) is 2.88. The van der Waals surface area contributed by atoms with Gasteiger partial charge >= 0.3 is 6.16 Å². The number of amidine groups is 1. The topological polar surface area (TPSA) is 135 Å². The molecule has 37 heavy (non-hydrogen) atoms. The van der Waals surface area contributed by atoms with Crippen molar-refractivity contribution in [3.63, 3.8) is 0 Å². The molecule has 0 unspecified atom stereocenters. The quantitative estimate of drug-likeness (QED) is 0.141. The van der Waals surface area contributed by atoms with E-state index in [1.165, 1.54) is 0 Å². The van der Waals surface area contributed by atoms with Crippen molar-refractivity contribution in [3.8, 4) is 0 Å². The zero-order valence-electron chi connectivity index (χ0n) is 21.5. The summed E-state index contributed by atoms with van der Waals surface area (Å²) < 4.78 is 4.66. The molecule has 1 atom stereocenters. The lowest BCUT2D eigenvalue weighted by molar-refractivity contribution is -0.119. The first-order chi connectivity index (χ1) is 17.8. The van der Waals surface area contributed by atoms with Crippen LogP contribution in [-0.2, 0) is 19.2 Å². The number of piperidine rings is 1. The summed E-state index contributed by atoms with van der Waals surface area (Å²) in [7, 11) is 0. The second kappa shape index (κ2) is 13.3. The Hall–Kier alpha value is -4.08. The lowest BCUT2D eigenvalue weighted by atomic mass is 10.0. The summed E-state index contributed by atoms with van der Waals surface area (Å²) in [6, 6.07) is 13.8. The molecule has 10 heteroatoms. The van der Waals surface area contributed by atoms with Crippen LogP contribution in [0.2, 0.25) is 0 Å². The van der Waals surface area contributed by atoms with E-state index >= 15 is 0 Å². The van der Waals surface area contributed by atoms with Crippen molar-refractivity contribution in [3.05, 3.63) is 54.1 Å². The van der Waals surface area contributed by atoms with Crippen molar-refractivity contribution in [1.29, 1.82) is 0 Å². The standard InChI is InChI=1S/C27H35N5O5/c1-4-36-27(35)37-31-25(28)19-8-7-9-21(17-19)29-23(16-18(2)3)26(34)30-20-11-13-22(14-12-20)32-15-6-5-10-24(32)33/h7-9,11-14,17-18,23,29H,4-6,10,15-16H2,1-3H3,(H2,28,31)(H,30,34)/t23-/m0/s1. The number of anilines is 3. The number of carbonyl (C=O) groups excluding carboxylic acids is 3. The van der Waals surface area contributed by atoms with Gasteiger partial charge in [0.25, 0.3) is 0 Å². The van der Waals surface area contributed by atoms with Crippen LogP contribution in [0.25, 0.3) is 0 Å². The van der Waals surface area contributed by atoms with Crippen molar-refractivity contribution in [2.75, 3.05) is 28.7 Å². The predicted octanol–water partition coefficient (Wildman–Crippen LogP) is 4.46. The summed E-state index contributed by atoms with van der Waals surface area (Å²) in [5, 5.41) is 9.84. The number of rotatable bonds is 10. The second-order valence-electron chi connectivity index (χ2n) is 9.20. The maximum atomic E-state index is 13.2. The Morgan fingerprint density at radius 3 is 2.54 bits per heavy atom. The monoisotopic (exact) mass is 509 g/mol. The van der Waals surface area contributed by atoms with Crippen LogP contribution in [0.15, 0.2) is 53.7 Å². The van der Waals surface area contributed by atoms with Crippen molar-refractivity contribution in [2.45, 2.75) is 52.5 Å². The van der Waals surface area contributed by atoms with E-state index in [-0.39, 0.29) is 30.2 Å². The average molecular weight is 510 g/mol. The fraction of sp³-hybridized carbons (Fsp3) is 0.407. The van der Waals surface area contributed by atoms with Gasteiger partial charge in [0.1, 0.15) is 6.04 Å². The van der Waals surface area contributed by atoms with Crippen LogP contribution in [-0.4, -0.2) is 43.0 Å². The second-order valence-corrected chi connectivity index (χ2v) is 9.20. The molecule has 1 fully saturated rings. The van der Waals surface area contributed by atoms with Gasteiger partial charge in [-0.15, -0.1) is 0 Å². The highest BCUT2D eigenvalue weighted by molar-refractivity contribution is 5.99. The molecule has 1 aliphatic heterocycles. The third-order valence-electron chi connectivity index (χ3n) is 5.77. The van der Waals surface area contributed by atoms with Gasteiger partial charge in [-0.1, -0.05) is 31.1 Å². The fourth-order valence-corrected chi connectivity index (χ4v) is 3.99. The van der Waals surface area contributed by atoms with E-state index < -0.39 is 12.2 Å². The van der Waals surface area contributed by atoms with E-state index in [0.717, 1.165) is 18.5 Å². The Bertz CT molecular complexity index is 1120. The molecule has 198 valence electrons. The van der Waals surface area contributed by atoms with Gasteiger partial charge in [0.15, 0.2) is 5.84 Å². The number of nitrogens with one attached hydrogen (secondary N) is 2. The number of amides is 2. The Morgan fingerprint density at radius 1 is 1.11 bits per heavy atom. The van der Waals surface area contributed by atoms with Gasteiger partial charge in [-0.05, 0) is 68.5 Å². The highest BCUT2D eigenvalue weighted by atomic mass is 16.8. The number of hydrogen-bond acceptors (Lipinski definition) is 7. The summed E-state index contributed by atoms with van der Waals surface area (Å²) in [6.45, 7) is 6.61.